The molecule has 2 aliphatic carbocycles. The molecule has 2 aliphatic heterocycles. The topological polar surface area (TPSA) is 118 Å². The van der Waals surface area contributed by atoms with Crippen molar-refractivity contribution < 1.29 is 17.9 Å². The summed E-state index contributed by atoms with van der Waals surface area (Å²) in [6.45, 7) is 12.6. The van der Waals surface area contributed by atoms with Crippen molar-refractivity contribution in [1.29, 1.82) is 0 Å². The zero-order valence-corrected chi connectivity index (χ0v) is 28.4. The number of fused-ring (bicyclic) bond motifs is 4. The summed E-state index contributed by atoms with van der Waals surface area (Å²) < 4.78 is 43.3. The molecule has 6 atom stereocenters. The third kappa shape index (κ3) is 8.23. The number of hydrogen-bond acceptors (Lipinski definition) is 9. The Hall–Kier alpha value is -2.15. The smallest absolute Gasteiger partial charge is 0.216 e. The fourth-order valence-corrected chi connectivity index (χ4v) is 9.28. The van der Waals surface area contributed by atoms with Crippen molar-refractivity contribution in [3.63, 3.8) is 0 Å². The van der Waals surface area contributed by atoms with Crippen LogP contribution in [0, 0.1) is 25.2 Å². The van der Waals surface area contributed by atoms with Gasteiger partial charge in [-0.1, -0.05) is 31.5 Å². The van der Waals surface area contributed by atoms with Crippen molar-refractivity contribution in [3.05, 3.63) is 53.1 Å². The minimum Gasteiger partial charge on any atom is -0.488 e. The van der Waals surface area contributed by atoms with E-state index in [0.717, 1.165) is 31.6 Å². The van der Waals surface area contributed by atoms with Crippen LogP contribution in [0.3, 0.4) is 0 Å². The van der Waals surface area contributed by atoms with E-state index in [1.165, 1.54) is 29.5 Å². The molecule has 1 aromatic carbocycles. The zero-order valence-electron chi connectivity index (χ0n) is 27.6. The Balaban J connectivity index is 1.31. The Kier molecular flexibility index (Phi) is 9.85. The van der Waals surface area contributed by atoms with Crippen LogP contribution < -0.4 is 20.1 Å². The van der Waals surface area contributed by atoms with Crippen LogP contribution in [0.25, 0.3) is 0 Å². The highest BCUT2D eigenvalue weighted by Gasteiger charge is 2.43. The fraction of sp³-hybridized carbons (Fsp3) is 0.706. The second-order valence-electron chi connectivity index (χ2n) is 14.6. The Morgan fingerprint density at radius 2 is 1.82 bits per heavy atom. The van der Waals surface area contributed by atoms with Crippen molar-refractivity contribution in [1.82, 2.24) is 30.2 Å². The summed E-state index contributed by atoms with van der Waals surface area (Å²) in [6, 6.07) is 6.43. The monoisotopic (exact) mass is 640 g/mol. The van der Waals surface area contributed by atoms with Crippen LogP contribution in [0.2, 0.25) is 0 Å². The highest BCUT2D eigenvalue weighted by Crippen LogP contribution is 2.50. The highest BCUT2D eigenvalue weighted by molar-refractivity contribution is 7.90. The van der Waals surface area contributed by atoms with Crippen LogP contribution in [-0.4, -0.2) is 66.4 Å². The van der Waals surface area contributed by atoms with Crippen LogP contribution in [0.1, 0.15) is 101 Å². The Morgan fingerprint density at radius 1 is 1.09 bits per heavy atom. The lowest BCUT2D eigenvalue weighted by atomic mass is 9.87. The van der Waals surface area contributed by atoms with Gasteiger partial charge in [-0.05, 0) is 94.2 Å². The van der Waals surface area contributed by atoms with E-state index < -0.39 is 21.6 Å². The normalized spacial score (nSPS) is 31.8. The molecule has 248 valence electrons. The Bertz CT molecular complexity index is 1400. The van der Waals surface area contributed by atoms with Gasteiger partial charge < -0.3 is 9.47 Å². The van der Waals surface area contributed by atoms with Gasteiger partial charge in [0.1, 0.15) is 18.3 Å². The van der Waals surface area contributed by atoms with E-state index in [1.807, 2.05) is 13.8 Å². The molecule has 4 aliphatic rings. The molecule has 0 radical (unpaired) electrons. The predicted octanol–water partition coefficient (Wildman–Crippen LogP) is 4.68. The lowest BCUT2D eigenvalue weighted by molar-refractivity contribution is -0.0498. The summed E-state index contributed by atoms with van der Waals surface area (Å²) in [5.74, 6) is 1.68. The molecule has 2 aromatic rings. The maximum atomic E-state index is 13.9. The number of benzene rings is 1. The highest BCUT2D eigenvalue weighted by atomic mass is 32.2. The fourth-order valence-electron chi connectivity index (χ4n) is 7.62. The van der Waals surface area contributed by atoms with Gasteiger partial charge in [0.05, 0.1) is 36.9 Å². The Morgan fingerprint density at radius 3 is 2.51 bits per heavy atom. The summed E-state index contributed by atoms with van der Waals surface area (Å²) in [5.41, 5.74) is 3.90. The van der Waals surface area contributed by atoms with Gasteiger partial charge in [0.25, 0.3) is 0 Å². The molecular weight excluding hydrogens is 588 g/mol. The molecule has 5 unspecified atom stereocenters. The van der Waals surface area contributed by atoms with E-state index in [0.29, 0.717) is 43.6 Å². The molecule has 1 aromatic heterocycles. The molecule has 2 saturated carbocycles. The van der Waals surface area contributed by atoms with Crippen molar-refractivity contribution >= 4 is 10.0 Å². The van der Waals surface area contributed by atoms with Crippen LogP contribution in [0.15, 0.2) is 30.6 Å². The number of rotatable bonds is 7. The number of aryl methyl sites for hydroxylation is 2. The molecule has 3 N–H and O–H groups in total. The van der Waals surface area contributed by atoms with E-state index >= 15 is 0 Å². The van der Waals surface area contributed by atoms with Gasteiger partial charge in [0.15, 0.2) is 5.75 Å². The Labute approximate surface area is 269 Å². The molecule has 4 fully saturated rings. The molecule has 6 rings (SSSR count). The third-order valence-electron chi connectivity index (χ3n) is 10.2. The van der Waals surface area contributed by atoms with Crippen LogP contribution in [0.5, 0.6) is 5.75 Å². The van der Waals surface area contributed by atoms with Gasteiger partial charge >= 0.3 is 0 Å². The summed E-state index contributed by atoms with van der Waals surface area (Å²) in [7, 11) is -3.58. The van der Waals surface area contributed by atoms with E-state index in [9.17, 15) is 8.42 Å². The lowest BCUT2D eigenvalue weighted by Gasteiger charge is -2.40. The molecule has 45 heavy (non-hydrogen) atoms. The molecule has 4 bridgehead atoms. The molecule has 10 nitrogen and oxygen atoms in total. The van der Waals surface area contributed by atoms with Gasteiger partial charge in [-0.3, -0.25) is 15.5 Å². The number of aromatic nitrogens is 2. The summed E-state index contributed by atoms with van der Waals surface area (Å²) in [6.07, 6.45) is 10.1. The molecule has 0 amide bonds. The summed E-state index contributed by atoms with van der Waals surface area (Å²) in [4.78, 5) is 11.9. The first kappa shape index (κ1) is 32.8. The number of nitrogens with zero attached hydrogens (tertiary/aromatic N) is 3. The van der Waals surface area contributed by atoms with Crippen molar-refractivity contribution in [2.75, 3.05) is 13.2 Å². The van der Waals surface area contributed by atoms with E-state index in [4.69, 9.17) is 9.47 Å². The van der Waals surface area contributed by atoms with Gasteiger partial charge in [-0.2, -0.15) is 4.72 Å². The number of ether oxygens (including phenoxy) is 2. The summed E-state index contributed by atoms with van der Waals surface area (Å²) >= 11 is 0. The largest absolute Gasteiger partial charge is 0.488 e. The average molecular weight is 641 g/mol. The maximum absolute atomic E-state index is 13.9. The van der Waals surface area contributed by atoms with Crippen molar-refractivity contribution in [3.8, 4) is 5.75 Å². The standard InChI is InChI=1S/C34H52N6O4S/c1-22(2)44-27-17-35-30(36-18-27)20-40-19-25-10-7-11-28(14-25)45(41,42)39-33-37-29(32-23(3)8-6-9-24(32)4)15-31(38-33)43-21-26(40)16-34(5)12-13-34/h6,8-9,17-18,22,25-26,28-29,31,33,37-39H,7,10-16,19-21H2,1-5H3/t25?,26-,28?,29?,31?,33?/m1/s1. The van der Waals surface area contributed by atoms with Gasteiger partial charge in [0, 0.05) is 25.0 Å². The molecule has 0 spiro atoms. The summed E-state index contributed by atoms with van der Waals surface area (Å²) in [5, 5.41) is 6.62. The van der Waals surface area contributed by atoms with E-state index in [-0.39, 0.29) is 30.3 Å². The van der Waals surface area contributed by atoms with Crippen LogP contribution in [-0.2, 0) is 21.3 Å². The van der Waals surface area contributed by atoms with Gasteiger partial charge in [0.2, 0.25) is 10.0 Å². The first-order valence-electron chi connectivity index (χ1n) is 16.9. The first-order chi connectivity index (χ1) is 21.5. The lowest BCUT2D eigenvalue weighted by Crippen LogP contribution is -2.64. The minimum absolute atomic E-state index is 0.0511. The second kappa shape index (κ2) is 13.5. The minimum atomic E-state index is -3.58. The molecule has 11 heteroatoms. The quantitative estimate of drug-likeness (QED) is 0.397. The number of sulfonamides is 1. The molecule has 2 saturated heterocycles. The van der Waals surface area contributed by atoms with Crippen LogP contribution >= 0.6 is 0 Å². The van der Waals surface area contributed by atoms with Crippen molar-refractivity contribution in [2.45, 2.75) is 128 Å². The van der Waals surface area contributed by atoms with E-state index in [2.05, 4.69) is 69.2 Å². The van der Waals surface area contributed by atoms with Crippen molar-refractivity contribution in [2.24, 2.45) is 11.3 Å². The predicted molar refractivity (Wildman–Crippen MR) is 175 cm³/mol. The molecule has 3 heterocycles. The van der Waals surface area contributed by atoms with Gasteiger partial charge in [-0.25, -0.2) is 18.4 Å². The van der Waals surface area contributed by atoms with Gasteiger partial charge in [-0.15, -0.1) is 0 Å². The average Bonchev–Trinajstić information content (AvgIpc) is 3.71. The molecular formula is C34H52N6O4S. The third-order valence-corrected chi connectivity index (χ3v) is 12.1. The zero-order chi connectivity index (χ0) is 31.8. The van der Waals surface area contributed by atoms with E-state index in [1.54, 1.807) is 12.4 Å². The number of hydrogen-bond donors (Lipinski definition) is 3. The van der Waals surface area contributed by atoms with Crippen LogP contribution in [0.4, 0.5) is 0 Å². The SMILES string of the molecule is Cc1cccc(C)c1C1CC2NC(N1)NS(=O)(=O)C1CCCC(C1)CN(Cc1ncc(OC(C)C)cn1)[C@H](CC1(C)CC1)CO2. The number of nitrogens with one attached hydrogen (secondary N) is 3. The second-order valence-corrected chi connectivity index (χ2v) is 16.6. The maximum Gasteiger partial charge on any atom is 0.216 e. The first-order valence-corrected chi connectivity index (χ1v) is 18.4.